The lowest BCUT2D eigenvalue weighted by molar-refractivity contribution is -0.121. The van der Waals surface area contributed by atoms with Crippen molar-refractivity contribution in [3.63, 3.8) is 0 Å². The Morgan fingerprint density at radius 1 is 1.80 bits per heavy atom. The third-order valence-corrected chi connectivity index (χ3v) is 2.70. The summed E-state index contributed by atoms with van der Waals surface area (Å²) in [5, 5.41) is 6.70. The van der Waals surface area contributed by atoms with Crippen LogP contribution >= 0.6 is 0 Å². The van der Waals surface area contributed by atoms with E-state index < -0.39 is 0 Å². The van der Waals surface area contributed by atoms with Crippen molar-refractivity contribution in [3.05, 3.63) is 6.33 Å². The van der Waals surface area contributed by atoms with Gasteiger partial charge in [-0.15, -0.1) is 5.10 Å². The molecule has 1 fully saturated rings. The highest BCUT2D eigenvalue weighted by molar-refractivity contribution is 5.75. The van der Waals surface area contributed by atoms with Gasteiger partial charge < -0.3 is 11.1 Å². The van der Waals surface area contributed by atoms with E-state index >= 15 is 0 Å². The minimum absolute atomic E-state index is 0.0426. The van der Waals surface area contributed by atoms with Gasteiger partial charge in [0.25, 0.3) is 0 Å². The minimum Gasteiger partial charge on any atom is -0.367 e. The van der Waals surface area contributed by atoms with E-state index in [-0.39, 0.29) is 18.4 Å². The van der Waals surface area contributed by atoms with Gasteiger partial charge in [0, 0.05) is 6.54 Å². The minimum atomic E-state index is -0.0426. The van der Waals surface area contributed by atoms with Gasteiger partial charge >= 0.3 is 0 Å². The van der Waals surface area contributed by atoms with Crippen LogP contribution in [-0.4, -0.2) is 27.2 Å². The van der Waals surface area contributed by atoms with Gasteiger partial charge in [0.15, 0.2) is 0 Å². The first-order valence-electron chi connectivity index (χ1n) is 5.07. The van der Waals surface area contributed by atoms with Gasteiger partial charge in [-0.1, -0.05) is 6.92 Å². The molecule has 0 saturated heterocycles. The lowest BCUT2D eigenvalue weighted by atomic mass is 10.3. The molecule has 0 radical (unpaired) electrons. The van der Waals surface area contributed by atoms with Crippen molar-refractivity contribution in [1.82, 2.24) is 20.1 Å². The maximum atomic E-state index is 11.4. The number of hydrogen-bond donors (Lipinski definition) is 2. The summed E-state index contributed by atoms with van der Waals surface area (Å²) in [6, 6.07) is 0. The number of hydrogen-bond acceptors (Lipinski definition) is 4. The van der Waals surface area contributed by atoms with E-state index in [1.807, 2.05) is 0 Å². The number of nitrogens with one attached hydrogen (secondary N) is 1. The van der Waals surface area contributed by atoms with E-state index in [1.54, 1.807) is 0 Å². The van der Waals surface area contributed by atoms with E-state index in [9.17, 15) is 4.79 Å². The van der Waals surface area contributed by atoms with Crippen LogP contribution in [0.1, 0.15) is 13.3 Å². The number of nitrogen functional groups attached to an aromatic ring is 1. The zero-order valence-electron chi connectivity index (χ0n) is 8.68. The number of nitrogens with zero attached hydrogens (tertiary/aromatic N) is 3. The largest absolute Gasteiger partial charge is 0.367 e. The van der Waals surface area contributed by atoms with Crippen LogP contribution in [0.15, 0.2) is 6.33 Å². The Kier molecular flexibility index (Phi) is 2.57. The molecular weight excluding hydrogens is 194 g/mol. The molecule has 15 heavy (non-hydrogen) atoms. The molecule has 1 aromatic rings. The van der Waals surface area contributed by atoms with Crippen LogP contribution in [0.3, 0.4) is 0 Å². The van der Waals surface area contributed by atoms with Gasteiger partial charge in [-0.3, -0.25) is 4.79 Å². The second kappa shape index (κ2) is 3.88. The molecule has 0 aliphatic heterocycles. The van der Waals surface area contributed by atoms with Crippen LogP contribution in [0, 0.1) is 11.8 Å². The van der Waals surface area contributed by atoms with E-state index in [2.05, 4.69) is 22.3 Å². The first-order chi connectivity index (χ1) is 7.15. The van der Waals surface area contributed by atoms with Gasteiger partial charge in [-0.25, -0.2) is 9.67 Å². The number of nitrogens with two attached hydrogens (primary N) is 1. The summed E-state index contributed by atoms with van der Waals surface area (Å²) in [5.41, 5.74) is 5.33. The van der Waals surface area contributed by atoms with Gasteiger partial charge in [-0.2, -0.15) is 0 Å². The number of carbonyl (C=O) groups excluding carboxylic acids is 1. The normalized spacial score (nSPS) is 23.8. The summed E-state index contributed by atoms with van der Waals surface area (Å²) < 4.78 is 1.43. The van der Waals surface area contributed by atoms with Crippen LogP contribution in [0.2, 0.25) is 0 Å². The molecule has 1 aliphatic carbocycles. The number of carbonyl (C=O) groups is 1. The monoisotopic (exact) mass is 209 g/mol. The second-order valence-corrected chi connectivity index (χ2v) is 4.08. The Labute approximate surface area is 87.9 Å². The molecule has 3 N–H and O–H groups in total. The molecule has 1 aliphatic rings. The van der Waals surface area contributed by atoms with Gasteiger partial charge in [0.2, 0.25) is 11.9 Å². The van der Waals surface area contributed by atoms with Crippen molar-refractivity contribution in [2.75, 3.05) is 12.3 Å². The number of anilines is 1. The van der Waals surface area contributed by atoms with Crippen molar-refractivity contribution >= 4 is 11.9 Å². The van der Waals surface area contributed by atoms with Crippen molar-refractivity contribution in [3.8, 4) is 0 Å². The van der Waals surface area contributed by atoms with Gasteiger partial charge in [0.1, 0.15) is 12.9 Å². The predicted octanol–water partition coefficient (Wildman–Crippen LogP) is -0.367. The average molecular weight is 209 g/mol. The van der Waals surface area contributed by atoms with E-state index in [0.29, 0.717) is 5.92 Å². The summed E-state index contributed by atoms with van der Waals surface area (Å²) in [6.45, 7) is 3.14. The number of aromatic nitrogens is 3. The highest BCUT2D eigenvalue weighted by Gasteiger charge is 2.32. The zero-order valence-corrected chi connectivity index (χ0v) is 8.68. The van der Waals surface area contributed by atoms with Crippen molar-refractivity contribution in [2.24, 2.45) is 11.8 Å². The molecule has 1 heterocycles. The average Bonchev–Trinajstić information content (AvgIpc) is 2.73. The van der Waals surface area contributed by atoms with Crippen LogP contribution in [0.4, 0.5) is 5.95 Å². The first-order valence-corrected chi connectivity index (χ1v) is 5.07. The molecule has 1 saturated carbocycles. The van der Waals surface area contributed by atoms with Crippen molar-refractivity contribution in [2.45, 2.75) is 19.9 Å². The molecule has 2 rings (SSSR count). The Morgan fingerprint density at radius 3 is 3.07 bits per heavy atom. The highest BCUT2D eigenvalue weighted by Crippen LogP contribution is 2.36. The molecule has 0 aromatic carbocycles. The molecule has 2 unspecified atom stereocenters. The SMILES string of the molecule is CC1CC1CNC(=O)Cn1cnc(N)n1. The molecule has 1 aromatic heterocycles. The summed E-state index contributed by atoms with van der Waals surface area (Å²) >= 11 is 0. The quantitative estimate of drug-likeness (QED) is 0.708. The van der Waals surface area contributed by atoms with E-state index in [1.165, 1.54) is 17.4 Å². The fourth-order valence-corrected chi connectivity index (χ4v) is 1.52. The Balaban J connectivity index is 1.72. The molecule has 1 amide bonds. The standard InChI is InChI=1S/C9H15N5O/c1-6-2-7(6)3-11-8(15)4-14-5-12-9(10)13-14/h5-7H,2-4H2,1H3,(H2,10,13)(H,11,15). The molecule has 6 heteroatoms. The maximum Gasteiger partial charge on any atom is 0.241 e. The number of amides is 1. The lowest BCUT2D eigenvalue weighted by Crippen LogP contribution is -2.29. The fraction of sp³-hybridized carbons (Fsp3) is 0.667. The predicted molar refractivity (Wildman–Crippen MR) is 54.7 cm³/mol. The maximum absolute atomic E-state index is 11.4. The smallest absolute Gasteiger partial charge is 0.241 e. The molecule has 0 bridgehead atoms. The third kappa shape index (κ3) is 2.68. The summed E-state index contributed by atoms with van der Waals surface area (Å²) in [6.07, 6.45) is 2.67. The lowest BCUT2D eigenvalue weighted by Gasteiger charge is -2.03. The fourth-order valence-electron chi connectivity index (χ4n) is 1.52. The summed E-state index contributed by atoms with van der Waals surface area (Å²) in [7, 11) is 0. The molecular formula is C9H15N5O. The molecule has 0 spiro atoms. The van der Waals surface area contributed by atoms with E-state index in [4.69, 9.17) is 5.73 Å². The third-order valence-electron chi connectivity index (χ3n) is 2.70. The van der Waals surface area contributed by atoms with Crippen LogP contribution in [0.25, 0.3) is 0 Å². The molecule has 2 atom stereocenters. The van der Waals surface area contributed by atoms with Crippen LogP contribution in [-0.2, 0) is 11.3 Å². The Hall–Kier alpha value is -1.59. The van der Waals surface area contributed by atoms with Crippen LogP contribution < -0.4 is 11.1 Å². The van der Waals surface area contributed by atoms with Crippen LogP contribution in [0.5, 0.6) is 0 Å². The summed E-state index contributed by atoms with van der Waals surface area (Å²) in [4.78, 5) is 15.2. The molecule has 82 valence electrons. The Morgan fingerprint density at radius 2 is 2.53 bits per heavy atom. The van der Waals surface area contributed by atoms with E-state index in [0.717, 1.165) is 12.5 Å². The van der Waals surface area contributed by atoms with Crippen molar-refractivity contribution < 1.29 is 4.79 Å². The molecule has 6 nitrogen and oxygen atoms in total. The van der Waals surface area contributed by atoms with Gasteiger partial charge in [0.05, 0.1) is 0 Å². The van der Waals surface area contributed by atoms with Crippen molar-refractivity contribution in [1.29, 1.82) is 0 Å². The van der Waals surface area contributed by atoms with Gasteiger partial charge in [-0.05, 0) is 18.3 Å². The highest BCUT2D eigenvalue weighted by atomic mass is 16.2. The topological polar surface area (TPSA) is 85.8 Å². The second-order valence-electron chi connectivity index (χ2n) is 4.08. The zero-order chi connectivity index (χ0) is 10.8. The Bertz CT molecular complexity index is 361. The first kappa shape index (κ1) is 9.95. The number of rotatable bonds is 4. The summed E-state index contributed by atoms with van der Waals surface area (Å²) in [5.74, 6) is 1.57.